The third-order valence-electron chi connectivity index (χ3n) is 4.52. The molecule has 166 valence electrons. The highest BCUT2D eigenvalue weighted by molar-refractivity contribution is 5.36. The number of benzene rings is 2. The average Bonchev–Trinajstić information content (AvgIpc) is 2.81. The Morgan fingerprint density at radius 3 is 2.67 bits per heavy atom. The van der Waals surface area contributed by atoms with Crippen LogP contribution in [0.4, 0.5) is 0 Å². The molecule has 0 saturated carbocycles. The summed E-state index contributed by atoms with van der Waals surface area (Å²) >= 11 is 0. The molecule has 2 aromatic carbocycles. The normalized spacial score (nSPS) is 18.1. The Kier molecular flexibility index (Phi) is 7.47. The van der Waals surface area contributed by atoms with E-state index in [9.17, 15) is 15.3 Å². The largest absolute Gasteiger partial charge is 0.508 e. The van der Waals surface area contributed by atoms with Gasteiger partial charge >= 0.3 is 0 Å². The molecule has 5 heteroatoms. The maximum Gasteiger partial charge on any atom is 0.121 e. The predicted molar refractivity (Wildman–Crippen MR) is 121 cm³/mol. The Morgan fingerprint density at radius 2 is 1.87 bits per heavy atom. The van der Waals surface area contributed by atoms with Crippen molar-refractivity contribution in [3.05, 3.63) is 65.1 Å². The second-order valence-corrected chi connectivity index (χ2v) is 6.96. The van der Waals surface area contributed by atoms with Gasteiger partial charge in [0.1, 0.15) is 5.75 Å². The summed E-state index contributed by atoms with van der Waals surface area (Å²) in [5.41, 5.74) is -0.434. The Morgan fingerprint density at radius 1 is 1.07 bits per heavy atom. The summed E-state index contributed by atoms with van der Waals surface area (Å²) in [7, 11) is 0. The molecule has 1 unspecified atom stereocenters. The number of nitrogens with one attached hydrogen (secondary N) is 1. The summed E-state index contributed by atoms with van der Waals surface area (Å²) in [4.78, 5) is 0. The van der Waals surface area contributed by atoms with E-state index >= 15 is 0 Å². The van der Waals surface area contributed by atoms with E-state index < -0.39 is 60.7 Å². The highest BCUT2D eigenvalue weighted by atomic mass is 16.5. The van der Waals surface area contributed by atoms with E-state index in [4.69, 9.17) is 15.7 Å². The number of rotatable bonds is 16. The van der Waals surface area contributed by atoms with Crippen LogP contribution in [0.3, 0.4) is 0 Å². The molecule has 0 saturated heterocycles. The van der Waals surface area contributed by atoms with E-state index in [0.717, 1.165) is 19.3 Å². The van der Waals surface area contributed by atoms with Crippen molar-refractivity contribution in [3.8, 4) is 5.75 Å². The first-order chi connectivity index (χ1) is 17.7. The molecule has 0 aliphatic heterocycles. The summed E-state index contributed by atoms with van der Waals surface area (Å²) < 4.78 is 68.2. The second-order valence-electron chi connectivity index (χ2n) is 6.96. The third kappa shape index (κ3) is 9.72. The number of hydrogen-bond acceptors (Lipinski definition) is 5. The first kappa shape index (κ1) is 15.0. The number of hydrogen-bond donors (Lipinski definition) is 4. The van der Waals surface area contributed by atoms with Crippen LogP contribution in [0.2, 0.25) is 0 Å². The zero-order valence-corrected chi connectivity index (χ0v) is 17.2. The zero-order chi connectivity index (χ0) is 28.6. The van der Waals surface area contributed by atoms with Crippen molar-refractivity contribution in [1.82, 2.24) is 5.32 Å². The molecule has 2 aromatic rings. The topological polar surface area (TPSA) is 82.0 Å². The van der Waals surface area contributed by atoms with Crippen LogP contribution in [0.1, 0.15) is 72.3 Å². The summed E-state index contributed by atoms with van der Waals surface area (Å²) in [5.74, 6) is -1.09. The number of aliphatic hydroxyl groups is 2. The molecule has 0 fully saturated rings. The molecule has 0 spiro atoms. The van der Waals surface area contributed by atoms with Gasteiger partial charge in [0.25, 0.3) is 0 Å². The minimum absolute atomic E-state index is 0.226. The van der Waals surface area contributed by atoms with Crippen LogP contribution in [-0.4, -0.2) is 41.6 Å². The lowest BCUT2D eigenvalue weighted by molar-refractivity contribution is 0.126. The molecule has 0 heterocycles. The van der Waals surface area contributed by atoms with Crippen LogP contribution < -0.4 is 5.32 Å². The average molecular weight is 424 g/mol. The monoisotopic (exact) mass is 423 g/mol. The van der Waals surface area contributed by atoms with E-state index in [0.29, 0.717) is 32.4 Å². The predicted octanol–water partition coefficient (Wildman–Crippen LogP) is 4.11. The SMILES string of the molecule is [2H]c1c([2H])c(C([2H])(O)CNCCCCCC([2H])([2H])OCCCCc2ccccc2)c([2H])c(C([2H])([2H])O)c1O. The van der Waals surface area contributed by atoms with Gasteiger partial charge in [-0.1, -0.05) is 49.2 Å². The molecule has 0 aromatic heterocycles. The van der Waals surface area contributed by atoms with Gasteiger partial charge in [-0.25, -0.2) is 0 Å². The standard InChI is InChI=1S/C25H37NO4/c27-20-23-18-22(13-14-24(23)28)25(29)19-26-15-7-1-2-8-16-30-17-9-6-12-21-10-4-3-5-11-21/h3-5,10-11,13-14,18,25-29H,1-2,6-9,12,15-17,19-20H2/i13D,14D,16D2,18D,20D2,25D. The van der Waals surface area contributed by atoms with Gasteiger partial charge in [-0.3, -0.25) is 0 Å². The van der Waals surface area contributed by atoms with Crippen LogP contribution in [0, 0.1) is 0 Å². The van der Waals surface area contributed by atoms with Crippen molar-refractivity contribution < 1.29 is 31.0 Å². The first-order valence-electron chi connectivity index (χ1n) is 14.3. The smallest absolute Gasteiger partial charge is 0.121 e. The molecule has 0 aliphatic rings. The fourth-order valence-electron chi connectivity index (χ4n) is 2.84. The molecular weight excluding hydrogens is 378 g/mol. The summed E-state index contributed by atoms with van der Waals surface area (Å²) in [6.07, 6.45) is 2.04. The Balaban J connectivity index is 1.73. The summed E-state index contributed by atoms with van der Waals surface area (Å²) in [6, 6.07) is 7.46. The maximum atomic E-state index is 10.6. The summed E-state index contributed by atoms with van der Waals surface area (Å²) in [5, 5.41) is 33.0. The van der Waals surface area contributed by atoms with E-state index in [1.807, 2.05) is 18.2 Å². The van der Waals surface area contributed by atoms with Crippen molar-refractivity contribution in [2.75, 3.05) is 26.3 Å². The van der Waals surface area contributed by atoms with Gasteiger partial charge in [-0.05, 0) is 61.9 Å². The van der Waals surface area contributed by atoms with E-state index in [1.54, 1.807) is 0 Å². The van der Waals surface area contributed by atoms with Crippen LogP contribution >= 0.6 is 0 Å². The zero-order valence-electron chi connectivity index (χ0n) is 25.2. The Bertz CT molecular complexity index is 1030. The van der Waals surface area contributed by atoms with Crippen LogP contribution in [0.5, 0.6) is 5.75 Å². The Labute approximate surface area is 192 Å². The van der Waals surface area contributed by atoms with Gasteiger partial charge in [0.15, 0.2) is 0 Å². The van der Waals surface area contributed by atoms with Gasteiger partial charge in [0.2, 0.25) is 0 Å². The lowest BCUT2D eigenvalue weighted by Gasteiger charge is -2.14. The van der Waals surface area contributed by atoms with Crippen LogP contribution in [-0.2, 0) is 17.7 Å². The fraction of sp³-hybridized carbons (Fsp3) is 0.520. The van der Waals surface area contributed by atoms with E-state index in [2.05, 4.69) is 17.4 Å². The van der Waals surface area contributed by atoms with Gasteiger partial charge < -0.3 is 25.4 Å². The van der Waals surface area contributed by atoms with Crippen molar-refractivity contribution in [2.24, 2.45) is 0 Å². The molecular formula is C25H37NO4. The van der Waals surface area contributed by atoms with Crippen molar-refractivity contribution in [1.29, 1.82) is 0 Å². The first-order valence-corrected chi connectivity index (χ1v) is 10.3. The quantitative estimate of drug-likeness (QED) is 0.306. The molecule has 30 heavy (non-hydrogen) atoms. The van der Waals surface area contributed by atoms with Gasteiger partial charge in [-0.15, -0.1) is 0 Å². The second kappa shape index (κ2) is 15.0. The van der Waals surface area contributed by atoms with E-state index in [-0.39, 0.29) is 6.42 Å². The van der Waals surface area contributed by atoms with Gasteiger partial charge in [0, 0.05) is 25.3 Å². The number of unbranched alkanes of at least 4 members (excludes halogenated alkanes) is 3. The number of phenols is 1. The van der Waals surface area contributed by atoms with Crippen molar-refractivity contribution >= 4 is 0 Å². The van der Waals surface area contributed by atoms with Crippen LogP contribution in [0.25, 0.3) is 0 Å². The van der Waals surface area contributed by atoms with Gasteiger partial charge in [0.05, 0.1) is 23.6 Å². The molecule has 1 atom stereocenters. The molecule has 0 amide bonds. The minimum atomic E-state index is -3.21. The highest BCUT2D eigenvalue weighted by Gasteiger charge is 2.09. The molecule has 0 aliphatic carbocycles. The van der Waals surface area contributed by atoms with E-state index in [1.165, 1.54) is 5.56 Å². The van der Waals surface area contributed by atoms with Gasteiger partial charge in [-0.2, -0.15) is 0 Å². The van der Waals surface area contributed by atoms with Crippen LogP contribution in [0.15, 0.2) is 48.5 Å². The molecule has 0 bridgehead atoms. The molecule has 4 N–H and O–H groups in total. The maximum absolute atomic E-state index is 10.6. The number of ether oxygens (including phenoxy) is 1. The summed E-state index contributed by atoms with van der Waals surface area (Å²) in [6.45, 7) is -4.70. The minimum Gasteiger partial charge on any atom is -0.508 e. The highest BCUT2D eigenvalue weighted by Crippen LogP contribution is 2.22. The third-order valence-corrected chi connectivity index (χ3v) is 4.52. The lowest BCUT2D eigenvalue weighted by Crippen LogP contribution is -2.22. The van der Waals surface area contributed by atoms with Crippen molar-refractivity contribution in [3.63, 3.8) is 0 Å². The molecule has 0 radical (unpaired) electrons. The molecule has 5 nitrogen and oxygen atoms in total. The number of aryl methyl sites for hydroxylation is 1. The fourth-order valence-corrected chi connectivity index (χ4v) is 2.84. The van der Waals surface area contributed by atoms with Crippen molar-refractivity contribution in [2.45, 2.75) is 57.6 Å². The Hall–Kier alpha value is -1.92. The molecule has 2 rings (SSSR count). The lowest BCUT2D eigenvalue weighted by atomic mass is 10.1. The number of aromatic hydroxyl groups is 1.